The van der Waals surface area contributed by atoms with Gasteiger partial charge in [0, 0.05) is 5.33 Å². The molecule has 1 unspecified atom stereocenters. The number of alkyl halides is 1. The maximum Gasteiger partial charge on any atom is 0.00597 e. The fourth-order valence-corrected chi connectivity index (χ4v) is 2.64. The quantitative estimate of drug-likeness (QED) is 0.585. The minimum Gasteiger partial charge on any atom is -0.0925 e. The van der Waals surface area contributed by atoms with Gasteiger partial charge in [0.15, 0.2) is 0 Å². The lowest BCUT2D eigenvalue weighted by Crippen LogP contribution is -2.10. The van der Waals surface area contributed by atoms with Crippen molar-refractivity contribution in [3.8, 4) is 0 Å². The highest BCUT2D eigenvalue weighted by atomic mass is 79.9. The third-order valence-electron chi connectivity index (χ3n) is 2.76. The van der Waals surface area contributed by atoms with Crippen molar-refractivity contribution in [3.05, 3.63) is 0 Å². The predicted molar refractivity (Wildman–Crippen MR) is 54.2 cm³/mol. The first-order chi connectivity index (χ1) is 5.33. The van der Waals surface area contributed by atoms with E-state index < -0.39 is 0 Å². The molecular formula is C10H19Br. The molecule has 0 radical (unpaired) electrons. The molecule has 0 aromatic rings. The first kappa shape index (κ1) is 9.57. The zero-order valence-electron chi connectivity index (χ0n) is 7.48. The summed E-state index contributed by atoms with van der Waals surface area (Å²) in [5.41, 5.74) is 0. The topological polar surface area (TPSA) is 0 Å². The molecule has 1 aliphatic rings. The van der Waals surface area contributed by atoms with Crippen molar-refractivity contribution < 1.29 is 0 Å². The standard InChI is InChI=1S/C10H19Br/c1-9-5-3-2-4-6-10(7-9)8-11/h9-10H,2-8H2,1H3/t9-,10?/m1/s1. The molecule has 0 heterocycles. The molecule has 0 aliphatic heterocycles. The van der Waals surface area contributed by atoms with Gasteiger partial charge in [-0.3, -0.25) is 0 Å². The van der Waals surface area contributed by atoms with Crippen LogP contribution in [0.1, 0.15) is 45.4 Å². The molecule has 1 heteroatoms. The molecule has 1 fully saturated rings. The van der Waals surface area contributed by atoms with Crippen LogP contribution in [0.15, 0.2) is 0 Å². The van der Waals surface area contributed by atoms with Crippen LogP contribution in [0.25, 0.3) is 0 Å². The Bertz CT molecular complexity index is 101. The van der Waals surface area contributed by atoms with E-state index in [4.69, 9.17) is 0 Å². The zero-order valence-corrected chi connectivity index (χ0v) is 9.07. The van der Waals surface area contributed by atoms with Gasteiger partial charge in [0.25, 0.3) is 0 Å². The normalized spacial score (nSPS) is 34.4. The number of hydrogen-bond acceptors (Lipinski definition) is 0. The second-order valence-corrected chi connectivity index (χ2v) is 4.65. The van der Waals surface area contributed by atoms with E-state index in [1.807, 2.05) is 0 Å². The van der Waals surface area contributed by atoms with Gasteiger partial charge < -0.3 is 0 Å². The average molecular weight is 219 g/mol. The molecule has 0 bridgehead atoms. The van der Waals surface area contributed by atoms with E-state index in [1.165, 1.54) is 43.9 Å². The van der Waals surface area contributed by atoms with Gasteiger partial charge in [0.1, 0.15) is 0 Å². The number of rotatable bonds is 1. The van der Waals surface area contributed by atoms with Crippen LogP contribution in [0, 0.1) is 11.8 Å². The molecule has 66 valence electrons. The predicted octanol–water partition coefficient (Wildman–Crippen LogP) is 3.99. The Balaban J connectivity index is 2.29. The Hall–Kier alpha value is 0.480. The Morgan fingerprint density at radius 1 is 1.18 bits per heavy atom. The van der Waals surface area contributed by atoms with Crippen molar-refractivity contribution >= 4 is 15.9 Å². The van der Waals surface area contributed by atoms with Gasteiger partial charge in [-0.15, -0.1) is 0 Å². The summed E-state index contributed by atoms with van der Waals surface area (Å²) in [5, 5.41) is 1.22. The van der Waals surface area contributed by atoms with Gasteiger partial charge in [0.2, 0.25) is 0 Å². The highest BCUT2D eigenvalue weighted by Gasteiger charge is 2.14. The maximum absolute atomic E-state index is 3.60. The Morgan fingerprint density at radius 2 is 1.91 bits per heavy atom. The van der Waals surface area contributed by atoms with Crippen molar-refractivity contribution in [1.29, 1.82) is 0 Å². The molecule has 0 saturated heterocycles. The van der Waals surface area contributed by atoms with Gasteiger partial charge in [-0.25, -0.2) is 0 Å². The molecule has 0 amide bonds. The molecule has 1 aliphatic carbocycles. The van der Waals surface area contributed by atoms with E-state index in [0.29, 0.717) is 0 Å². The second-order valence-electron chi connectivity index (χ2n) is 4.00. The molecule has 0 nitrogen and oxygen atoms in total. The van der Waals surface area contributed by atoms with Crippen LogP contribution in [0.4, 0.5) is 0 Å². The van der Waals surface area contributed by atoms with Crippen molar-refractivity contribution in [2.45, 2.75) is 45.4 Å². The van der Waals surface area contributed by atoms with Crippen LogP contribution in [0.5, 0.6) is 0 Å². The Kier molecular flexibility index (Phi) is 4.51. The summed E-state index contributed by atoms with van der Waals surface area (Å²) in [6.45, 7) is 2.40. The fraction of sp³-hybridized carbons (Fsp3) is 1.00. The molecular weight excluding hydrogens is 200 g/mol. The van der Waals surface area contributed by atoms with Gasteiger partial charge >= 0.3 is 0 Å². The molecule has 1 rings (SSSR count). The van der Waals surface area contributed by atoms with Crippen LogP contribution >= 0.6 is 15.9 Å². The summed E-state index contributed by atoms with van der Waals surface area (Å²) >= 11 is 3.60. The van der Waals surface area contributed by atoms with Gasteiger partial charge in [-0.1, -0.05) is 48.5 Å². The molecule has 0 N–H and O–H groups in total. The summed E-state index contributed by atoms with van der Waals surface area (Å²) < 4.78 is 0. The third-order valence-corrected chi connectivity index (χ3v) is 3.68. The first-order valence-corrected chi connectivity index (χ1v) is 6.01. The van der Waals surface area contributed by atoms with Gasteiger partial charge in [-0.2, -0.15) is 0 Å². The summed E-state index contributed by atoms with van der Waals surface area (Å²) in [6, 6.07) is 0. The van der Waals surface area contributed by atoms with Crippen molar-refractivity contribution in [2.75, 3.05) is 5.33 Å². The van der Waals surface area contributed by atoms with Crippen LogP contribution in [0.3, 0.4) is 0 Å². The SMILES string of the molecule is C[C@@H]1CCCCCC(CBr)C1. The number of halogens is 1. The van der Waals surface area contributed by atoms with E-state index in [-0.39, 0.29) is 0 Å². The van der Waals surface area contributed by atoms with E-state index in [2.05, 4.69) is 22.9 Å². The highest BCUT2D eigenvalue weighted by Crippen LogP contribution is 2.27. The van der Waals surface area contributed by atoms with Crippen LogP contribution in [0.2, 0.25) is 0 Å². The summed E-state index contributed by atoms with van der Waals surface area (Å²) in [7, 11) is 0. The lowest BCUT2D eigenvalue weighted by molar-refractivity contribution is 0.334. The molecule has 1 saturated carbocycles. The second kappa shape index (κ2) is 5.18. The van der Waals surface area contributed by atoms with E-state index in [0.717, 1.165) is 11.8 Å². The van der Waals surface area contributed by atoms with Crippen LogP contribution in [-0.2, 0) is 0 Å². The average Bonchev–Trinajstić information content (AvgIpc) is 1.96. The van der Waals surface area contributed by atoms with Crippen molar-refractivity contribution in [3.63, 3.8) is 0 Å². The molecule has 0 aromatic carbocycles. The smallest absolute Gasteiger partial charge is 0.00597 e. The van der Waals surface area contributed by atoms with E-state index in [9.17, 15) is 0 Å². The zero-order chi connectivity index (χ0) is 8.10. The summed E-state index contributed by atoms with van der Waals surface area (Å²) in [5.74, 6) is 1.93. The lowest BCUT2D eigenvalue weighted by Gasteiger charge is -2.21. The monoisotopic (exact) mass is 218 g/mol. The van der Waals surface area contributed by atoms with E-state index >= 15 is 0 Å². The maximum atomic E-state index is 3.60. The Labute approximate surface area is 78.9 Å². The van der Waals surface area contributed by atoms with Gasteiger partial charge in [-0.05, 0) is 24.7 Å². The van der Waals surface area contributed by atoms with Crippen LogP contribution < -0.4 is 0 Å². The lowest BCUT2D eigenvalue weighted by atomic mass is 9.86. The minimum atomic E-state index is 0.963. The van der Waals surface area contributed by atoms with Crippen molar-refractivity contribution in [2.24, 2.45) is 11.8 Å². The minimum absolute atomic E-state index is 0.963. The molecule has 0 aromatic heterocycles. The van der Waals surface area contributed by atoms with Crippen molar-refractivity contribution in [1.82, 2.24) is 0 Å². The molecule has 2 atom stereocenters. The first-order valence-electron chi connectivity index (χ1n) is 4.89. The van der Waals surface area contributed by atoms with Gasteiger partial charge in [0.05, 0.1) is 0 Å². The fourth-order valence-electron chi connectivity index (χ4n) is 2.05. The molecule has 11 heavy (non-hydrogen) atoms. The Morgan fingerprint density at radius 3 is 2.64 bits per heavy atom. The number of hydrogen-bond donors (Lipinski definition) is 0. The van der Waals surface area contributed by atoms with E-state index in [1.54, 1.807) is 0 Å². The summed E-state index contributed by atoms with van der Waals surface area (Å²) in [6.07, 6.45) is 8.76. The highest BCUT2D eigenvalue weighted by molar-refractivity contribution is 9.09. The summed E-state index contributed by atoms with van der Waals surface area (Å²) in [4.78, 5) is 0. The van der Waals surface area contributed by atoms with Crippen LogP contribution in [-0.4, -0.2) is 5.33 Å². The third kappa shape index (κ3) is 3.59. The molecule has 0 spiro atoms. The largest absolute Gasteiger partial charge is 0.0925 e.